The van der Waals surface area contributed by atoms with Crippen molar-refractivity contribution in [3.05, 3.63) is 36.4 Å². The first-order valence-electron chi connectivity index (χ1n) is 9.21. The Hall–Kier alpha value is -3.09. The minimum atomic E-state index is -0.510. The van der Waals surface area contributed by atoms with Crippen molar-refractivity contribution in [3.63, 3.8) is 0 Å². The molecule has 0 aliphatic heterocycles. The van der Waals surface area contributed by atoms with Gasteiger partial charge >= 0.3 is 0 Å². The number of carbonyl (C=O) groups is 1. The summed E-state index contributed by atoms with van der Waals surface area (Å²) in [4.78, 5) is 12.6. The Morgan fingerprint density at radius 2 is 1.61 bits per heavy atom. The molecule has 152 valence electrons. The molecule has 0 heterocycles. The van der Waals surface area contributed by atoms with Crippen LogP contribution in [0.3, 0.4) is 0 Å². The highest BCUT2D eigenvalue weighted by Gasteiger charge is 2.17. The number of amides is 1. The minimum absolute atomic E-state index is 0.198. The molecule has 0 radical (unpaired) electrons. The molecule has 2 rings (SSSR count). The maximum atomic E-state index is 12.6. The van der Waals surface area contributed by atoms with Gasteiger partial charge in [-0.25, -0.2) is 0 Å². The Balaban J connectivity index is 2.12. The van der Waals surface area contributed by atoms with E-state index < -0.39 is 6.04 Å². The number of anilines is 2. The fourth-order valence-electron chi connectivity index (χ4n) is 2.62. The van der Waals surface area contributed by atoms with Crippen LogP contribution in [-0.4, -0.2) is 39.4 Å². The molecule has 7 heteroatoms. The van der Waals surface area contributed by atoms with Crippen LogP contribution in [0.2, 0.25) is 0 Å². The van der Waals surface area contributed by atoms with E-state index in [2.05, 4.69) is 10.6 Å². The molecule has 0 aromatic heterocycles. The van der Waals surface area contributed by atoms with Gasteiger partial charge in [-0.3, -0.25) is 4.79 Å². The first-order chi connectivity index (χ1) is 13.5. The summed E-state index contributed by atoms with van der Waals surface area (Å²) < 4.78 is 21.7. The summed E-state index contributed by atoms with van der Waals surface area (Å²) in [6, 6.07) is 10.2. The number of rotatable bonds is 10. The van der Waals surface area contributed by atoms with Crippen LogP contribution in [0.15, 0.2) is 36.4 Å². The number of ether oxygens (including phenoxy) is 4. The molecule has 0 spiro atoms. The molecule has 0 saturated carbocycles. The average Bonchev–Trinajstić information content (AvgIpc) is 2.70. The maximum Gasteiger partial charge on any atom is 0.246 e. The summed E-state index contributed by atoms with van der Waals surface area (Å²) in [7, 11) is 3.11. The smallest absolute Gasteiger partial charge is 0.246 e. The Morgan fingerprint density at radius 1 is 0.929 bits per heavy atom. The number of hydrogen-bond acceptors (Lipinski definition) is 6. The monoisotopic (exact) mass is 388 g/mol. The second-order valence-corrected chi connectivity index (χ2v) is 5.95. The lowest BCUT2D eigenvalue weighted by atomic mass is 10.2. The zero-order valence-electron chi connectivity index (χ0n) is 17.0. The van der Waals surface area contributed by atoms with E-state index in [1.165, 1.54) is 0 Å². The van der Waals surface area contributed by atoms with E-state index in [1.807, 2.05) is 32.0 Å². The van der Waals surface area contributed by atoms with Crippen molar-refractivity contribution in [2.24, 2.45) is 0 Å². The van der Waals surface area contributed by atoms with Crippen LogP contribution < -0.4 is 29.6 Å². The quantitative estimate of drug-likeness (QED) is 0.642. The second kappa shape index (κ2) is 10.3. The molecule has 2 aromatic rings. The lowest BCUT2D eigenvalue weighted by Crippen LogP contribution is -2.32. The van der Waals surface area contributed by atoms with Gasteiger partial charge in [0.25, 0.3) is 0 Å². The van der Waals surface area contributed by atoms with Crippen molar-refractivity contribution in [2.75, 3.05) is 38.1 Å². The van der Waals surface area contributed by atoms with Crippen LogP contribution in [0.5, 0.6) is 23.0 Å². The van der Waals surface area contributed by atoms with E-state index in [9.17, 15) is 4.79 Å². The second-order valence-electron chi connectivity index (χ2n) is 5.95. The molecule has 28 heavy (non-hydrogen) atoms. The zero-order chi connectivity index (χ0) is 20.5. The van der Waals surface area contributed by atoms with E-state index >= 15 is 0 Å². The normalized spacial score (nSPS) is 11.3. The zero-order valence-corrected chi connectivity index (χ0v) is 17.0. The van der Waals surface area contributed by atoms with Crippen LogP contribution in [0, 0.1) is 0 Å². The first kappa shape index (κ1) is 21.2. The topological polar surface area (TPSA) is 78.1 Å². The van der Waals surface area contributed by atoms with Crippen molar-refractivity contribution >= 4 is 17.3 Å². The third kappa shape index (κ3) is 5.45. The number of hydrogen-bond donors (Lipinski definition) is 2. The number of benzene rings is 2. The lowest BCUT2D eigenvalue weighted by molar-refractivity contribution is -0.116. The van der Waals surface area contributed by atoms with Crippen LogP contribution in [0.4, 0.5) is 11.4 Å². The molecular formula is C21H28N2O5. The van der Waals surface area contributed by atoms with Gasteiger partial charge in [-0.1, -0.05) is 0 Å². The van der Waals surface area contributed by atoms with Gasteiger partial charge in [0.05, 0.1) is 33.1 Å². The van der Waals surface area contributed by atoms with E-state index in [4.69, 9.17) is 18.9 Å². The Bertz CT molecular complexity index is 794. The standard InChI is InChI=1S/C21H28N2O5/c1-6-27-16-9-11-18(28-7-2)17(13-16)22-14(3)21(24)23-15-8-10-19(25-4)20(12-15)26-5/h8-14,22H,6-7H2,1-5H3,(H,23,24). The molecule has 1 atom stereocenters. The summed E-state index contributed by atoms with van der Waals surface area (Å²) >= 11 is 0. The molecule has 0 saturated heterocycles. The molecule has 2 aromatic carbocycles. The number of methoxy groups -OCH3 is 2. The van der Waals surface area contributed by atoms with Gasteiger partial charge in [-0.15, -0.1) is 0 Å². The summed E-state index contributed by atoms with van der Waals surface area (Å²) in [5, 5.41) is 6.06. The van der Waals surface area contributed by atoms with Crippen LogP contribution in [0.25, 0.3) is 0 Å². The van der Waals surface area contributed by atoms with Gasteiger partial charge in [-0.2, -0.15) is 0 Å². The number of carbonyl (C=O) groups excluding carboxylic acids is 1. The highest BCUT2D eigenvalue weighted by molar-refractivity contribution is 5.96. The Labute approximate surface area is 165 Å². The molecule has 0 fully saturated rings. The van der Waals surface area contributed by atoms with Crippen LogP contribution >= 0.6 is 0 Å². The highest BCUT2D eigenvalue weighted by atomic mass is 16.5. The number of nitrogens with one attached hydrogen (secondary N) is 2. The van der Waals surface area contributed by atoms with E-state index in [0.717, 1.165) is 0 Å². The van der Waals surface area contributed by atoms with Gasteiger partial charge in [0, 0.05) is 17.8 Å². The third-order valence-corrected chi connectivity index (χ3v) is 3.98. The van der Waals surface area contributed by atoms with E-state index in [0.29, 0.717) is 47.6 Å². The molecule has 1 unspecified atom stereocenters. The van der Waals surface area contributed by atoms with E-state index in [1.54, 1.807) is 39.3 Å². The van der Waals surface area contributed by atoms with E-state index in [-0.39, 0.29) is 5.91 Å². The highest BCUT2D eigenvalue weighted by Crippen LogP contribution is 2.31. The SMILES string of the molecule is CCOc1ccc(OCC)c(NC(C)C(=O)Nc2ccc(OC)c(OC)c2)c1. The van der Waals surface area contributed by atoms with Crippen LogP contribution in [-0.2, 0) is 4.79 Å². The van der Waals surface area contributed by atoms with Crippen molar-refractivity contribution in [2.45, 2.75) is 26.8 Å². The molecule has 1 amide bonds. The lowest BCUT2D eigenvalue weighted by Gasteiger charge is -2.19. The predicted octanol–water partition coefficient (Wildman–Crippen LogP) is 3.94. The summed E-state index contributed by atoms with van der Waals surface area (Å²) in [5.74, 6) is 2.32. The van der Waals surface area contributed by atoms with Crippen molar-refractivity contribution < 1.29 is 23.7 Å². The largest absolute Gasteiger partial charge is 0.494 e. The van der Waals surface area contributed by atoms with Crippen LogP contribution in [0.1, 0.15) is 20.8 Å². The van der Waals surface area contributed by atoms with Gasteiger partial charge in [0.1, 0.15) is 17.5 Å². The summed E-state index contributed by atoms with van der Waals surface area (Å²) in [6.07, 6.45) is 0. The molecular weight excluding hydrogens is 360 g/mol. The molecule has 0 bridgehead atoms. The molecule has 0 aliphatic carbocycles. The molecule has 0 aliphatic rings. The minimum Gasteiger partial charge on any atom is -0.494 e. The fraction of sp³-hybridized carbons (Fsp3) is 0.381. The van der Waals surface area contributed by atoms with Gasteiger partial charge in [-0.05, 0) is 45.0 Å². The summed E-state index contributed by atoms with van der Waals surface area (Å²) in [5.41, 5.74) is 1.31. The Morgan fingerprint density at radius 3 is 2.25 bits per heavy atom. The van der Waals surface area contributed by atoms with Crippen molar-refractivity contribution in [3.8, 4) is 23.0 Å². The predicted molar refractivity (Wildman–Crippen MR) is 110 cm³/mol. The molecule has 2 N–H and O–H groups in total. The molecule has 7 nitrogen and oxygen atoms in total. The summed E-state index contributed by atoms with van der Waals surface area (Å²) in [6.45, 7) is 6.69. The van der Waals surface area contributed by atoms with Crippen molar-refractivity contribution in [1.29, 1.82) is 0 Å². The van der Waals surface area contributed by atoms with Gasteiger partial charge in [0.2, 0.25) is 5.91 Å². The third-order valence-electron chi connectivity index (χ3n) is 3.98. The van der Waals surface area contributed by atoms with Gasteiger partial charge in [0.15, 0.2) is 11.5 Å². The van der Waals surface area contributed by atoms with Gasteiger partial charge < -0.3 is 29.6 Å². The first-order valence-corrected chi connectivity index (χ1v) is 9.21. The van der Waals surface area contributed by atoms with Crippen molar-refractivity contribution in [1.82, 2.24) is 0 Å². The Kier molecular flexibility index (Phi) is 7.80. The average molecular weight is 388 g/mol. The fourth-order valence-corrected chi connectivity index (χ4v) is 2.62. The maximum absolute atomic E-state index is 12.6.